The Labute approximate surface area is 173 Å². The van der Waals surface area contributed by atoms with Crippen LogP contribution in [0.1, 0.15) is 59.3 Å². The van der Waals surface area contributed by atoms with E-state index >= 15 is 0 Å². The zero-order valence-corrected chi connectivity index (χ0v) is 17.9. The fourth-order valence-electron chi connectivity index (χ4n) is 2.61. The van der Waals surface area contributed by atoms with E-state index in [-0.39, 0.29) is 30.7 Å². The Hall–Kier alpha value is -2.57. The summed E-state index contributed by atoms with van der Waals surface area (Å²) in [5.41, 5.74) is 1.48. The van der Waals surface area contributed by atoms with Gasteiger partial charge in [-0.2, -0.15) is 0 Å². The Balaban J connectivity index is 2.73. The Bertz CT molecular complexity index is 622. The van der Waals surface area contributed by atoms with Gasteiger partial charge in [0, 0.05) is 31.4 Å². The van der Waals surface area contributed by atoms with Gasteiger partial charge in [0.1, 0.15) is 0 Å². The third-order valence-electron chi connectivity index (χ3n) is 4.23. The predicted molar refractivity (Wildman–Crippen MR) is 114 cm³/mol. The van der Waals surface area contributed by atoms with Crippen molar-refractivity contribution in [2.75, 3.05) is 36.5 Å². The van der Waals surface area contributed by atoms with Crippen LogP contribution in [-0.2, 0) is 23.9 Å². The number of ether oxygens (including phenoxy) is 2. The molecular formula is C22H34N2O5. The molecule has 162 valence electrons. The number of esters is 2. The summed E-state index contributed by atoms with van der Waals surface area (Å²) in [7, 11) is 0. The lowest BCUT2D eigenvalue weighted by atomic mass is 10.2. The fourth-order valence-corrected chi connectivity index (χ4v) is 2.61. The molecule has 7 nitrogen and oxygen atoms in total. The summed E-state index contributed by atoms with van der Waals surface area (Å²) in [4.78, 5) is 37.2. The third-order valence-corrected chi connectivity index (χ3v) is 4.23. The molecule has 0 radical (unpaired) electrons. The van der Waals surface area contributed by atoms with E-state index in [4.69, 9.17) is 9.47 Å². The number of carbonyl (C=O) groups excluding carboxylic acids is 3. The van der Waals surface area contributed by atoms with E-state index in [1.807, 2.05) is 36.9 Å². The second kappa shape index (κ2) is 14.4. The van der Waals surface area contributed by atoms with Crippen molar-refractivity contribution in [2.45, 2.75) is 59.3 Å². The van der Waals surface area contributed by atoms with Crippen LogP contribution in [0.5, 0.6) is 0 Å². The smallest absolute Gasteiger partial charge is 0.307 e. The zero-order chi connectivity index (χ0) is 21.5. The minimum absolute atomic E-state index is 0.160. The summed E-state index contributed by atoms with van der Waals surface area (Å²) >= 11 is 0. The normalized spacial score (nSPS) is 10.3. The number of benzene rings is 1. The first kappa shape index (κ1) is 24.5. The molecule has 0 fully saturated rings. The molecule has 0 aliphatic rings. The third kappa shape index (κ3) is 11.1. The molecule has 0 aliphatic carbocycles. The molecule has 0 unspecified atom stereocenters. The Morgan fingerprint density at radius 3 is 1.97 bits per heavy atom. The van der Waals surface area contributed by atoms with Crippen molar-refractivity contribution in [3.05, 3.63) is 24.3 Å². The molecule has 1 aromatic rings. The number of nitrogens with zero attached hydrogens (tertiary/aromatic N) is 1. The molecule has 0 saturated carbocycles. The molecule has 1 aromatic carbocycles. The van der Waals surface area contributed by atoms with E-state index in [2.05, 4.69) is 5.32 Å². The van der Waals surface area contributed by atoms with Gasteiger partial charge in [0.05, 0.1) is 26.1 Å². The minimum Gasteiger partial charge on any atom is -0.466 e. The summed E-state index contributed by atoms with van der Waals surface area (Å²) in [6.45, 7) is 7.21. The van der Waals surface area contributed by atoms with Crippen molar-refractivity contribution in [2.24, 2.45) is 0 Å². The van der Waals surface area contributed by atoms with Crippen LogP contribution >= 0.6 is 0 Å². The van der Waals surface area contributed by atoms with Gasteiger partial charge in [-0.3, -0.25) is 14.4 Å². The quantitative estimate of drug-likeness (QED) is 0.372. The highest BCUT2D eigenvalue weighted by Crippen LogP contribution is 2.20. The SMILES string of the molecule is CCCCOC(=O)CCN(CCC(=O)OCCCC)c1cccc(NC(C)=O)c1. The maximum Gasteiger partial charge on any atom is 0.307 e. The van der Waals surface area contributed by atoms with Gasteiger partial charge in [0.2, 0.25) is 5.91 Å². The van der Waals surface area contributed by atoms with Crippen molar-refractivity contribution in [1.29, 1.82) is 0 Å². The topological polar surface area (TPSA) is 84.9 Å². The van der Waals surface area contributed by atoms with Crippen LogP contribution < -0.4 is 10.2 Å². The Morgan fingerprint density at radius 1 is 0.931 bits per heavy atom. The molecule has 0 aliphatic heterocycles. The van der Waals surface area contributed by atoms with Crippen LogP contribution in [0.3, 0.4) is 0 Å². The molecular weight excluding hydrogens is 372 g/mol. The molecule has 0 atom stereocenters. The van der Waals surface area contributed by atoms with E-state index in [0.717, 1.165) is 31.4 Å². The summed E-state index contributed by atoms with van der Waals surface area (Å²) in [5.74, 6) is -0.674. The average molecular weight is 407 g/mol. The molecule has 1 N–H and O–H groups in total. The molecule has 1 amide bonds. The van der Waals surface area contributed by atoms with Gasteiger partial charge >= 0.3 is 11.9 Å². The van der Waals surface area contributed by atoms with Crippen molar-refractivity contribution in [3.63, 3.8) is 0 Å². The molecule has 0 spiro atoms. The Kier molecular flexibility index (Phi) is 12.2. The maximum absolute atomic E-state index is 12.0. The summed E-state index contributed by atoms with van der Waals surface area (Å²) < 4.78 is 10.4. The van der Waals surface area contributed by atoms with Crippen LogP contribution in [0.2, 0.25) is 0 Å². The molecule has 0 bridgehead atoms. The molecule has 29 heavy (non-hydrogen) atoms. The van der Waals surface area contributed by atoms with Crippen LogP contribution in [0.15, 0.2) is 24.3 Å². The number of nitrogens with one attached hydrogen (secondary N) is 1. The largest absolute Gasteiger partial charge is 0.466 e. The first-order valence-electron chi connectivity index (χ1n) is 10.4. The van der Waals surface area contributed by atoms with Gasteiger partial charge in [-0.25, -0.2) is 0 Å². The molecule has 1 rings (SSSR count). The first-order chi connectivity index (χ1) is 14.0. The Morgan fingerprint density at radius 2 is 1.48 bits per heavy atom. The standard InChI is InChI=1S/C22H34N2O5/c1-4-6-15-28-21(26)11-13-24(14-12-22(27)29-16-7-5-2)20-10-8-9-19(17-20)23-18(3)25/h8-10,17H,4-7,11-16H2,1-3H3,(H,23,25). The molecule has 7 heteroatoms. The number of unbranched alkanes of at least 4 members (excludes halogenated alkanes) is 2. The number of hydrogen-bond donors (Lipinski definition) is 1. The van der Waals surface area contributed by atoms with E-state index < -0.39 is 0 Å². The van der Waals surface area contributed by atoms with Crippen LogP contribution in [0.4, 0.5) is 11.4 Å². The molecule has 0 aromatic heterocycles. The van der Waals surface area contributed by atoms with Gasteiger partial charge in [-0.1, -0.05) is 32.8 Å². The van der Waals surface area contributed by atoms with Crippen LogP contribution in [-0.4, -0.2) is 44.1 Å². The van der Waals surface area contributed by atoms with E-state index in [1.165, 1.54) is 6.92 Å². The highest BCUT2D eigenvalue weighted by Gasteiger charge is 2.14. The van der Waals surface area contributed by atoms with Gasteiger partial charge in [-0.05, 0) is 31.0 Å². The van der Waals surface area contributed by atoms with E-state index in [0.29, 0.717) is 32.0 Å². The van der Waals surface area contributed by atoms with Crippen molar-refractivity contribution in [3.8, 4) is 0 Å². The summed E-state index contributed by atoms with van der Waals surface area (Å²) in [5, 5.41) is 2.75. The second-order valence-corrected chi connectivity index (χ2v) is 6.87. The highest BCUT2D eigenvalue weighted by molar-refractivity contribution is 5.89. The maximum atomic E-state index is 12.0. The highest BCUT2D eigenvalue weighted by atomic mass is 16.5. The summed E-state index contributed by atoms with van der Waals surface area (Å²) in [6, 6.07) is 7.33. The van der Waals surface area contributed by atoms with Gasteiger partial charge in [-0.15, -0.1) is 0 Å². The summed E-state index contributed by atoms with van der Waals surface area (Å²) in [6.07, 6.45) is 4.07. The minimum atomic E-state index is -0.257. The average Bonchev–Trinajstić information content (AvgIpc) is 2.68. The molecule has 0 heterocycles. The van der Waals surface area contributed by atoms with Crippen LogP contribution in [0, 0.1) is 0 Å². The second-order valence-electron chi connectivity index (χ2n) is 6.87. The number of anilines is 2. The number of rotatable bonds is 14. The van der Waals surface area contributed by atoms with Crippen LogP contribution in [0.25, 0.3) is 0 Å². The monoisotopic (exact) mass is 406 g/mol. The van der Waals surface area contributed by atoms with Crippen molar-refractivity contribution < 1.29 is 23.9 Å². The van der Waals surface area contributed by atoms with E-state index in [9.17, 15) is 14.4 Å². The number of carbonyl (C=O) groups is 3. The fraction of sp³-hybridized carbons (Fsp3) is 0.591. The van der Waals surface area contributed by atoms with Crippen molar-refractivity contribution >= 4 is 29.2 Å². The van der Waals surface area contributed by atoms with E-state index in [1.54, 1.807) is 6.07 Å². The zero-order valence-electron chi connectivity index (χ0n) is 17.9. The van der Waals surface area contributed by atoms with Gasteiger partial charge < -0.3 is 19.7 Å². The number of hydrogen-bond acceptors (Lipinski definition) is 6. The number of amides is 1. The van der Waals surface area contributed by atoms with Crippen molar-refractivity contribution in [1.82, 2.24) is 0 Å². The lowest BCUT2D eigenvalue weighted by Gasteiger charge is -2.25. The van der Waals surface area contributed by atoms with Gasteiger partial charge in [0.15, 0.2) is 0 Å². The lowest BCUT2D eigenvalue weighted by molar-refractivity contribution is -0.144. The predicted octanol–water partition coefficient (Wildman–Crippen LogP) is 3.92. The molecule has 0 saturated heterocycles. The first-order valence-corrected chi connectivity index (χ1v) is 10.4. The van der Waals surface area contributed by atoms with Gasteiger partial charge in [0.25, 0.3) is 0 Å². The lowest BCUT2D eigenvalue weighted by Crippen LogP contribution is -2.29.